The number of carbonyl (C=O) groups is 1. The first-order valence-corrected chi connectivity index (χ1v) is 9.81. The van der Waals surface area contributed by atoms with Crippen LogP contribution >= 0.6 is 0 Å². The smallest absolute Gasteiger partial charge is 0.239 e. The van der Waals surface area contributed by atoms with Crippen LogP contribution in [0.4, 0.5) is 0 Å². The lowest BCUT2D eigenvalue weighted by molar-refractivity contribution is -0.135. The van der Waals surface area contributed by atoms with Gasteiger partial charge >= 0.3 is 0 Å². The van der Waals surface area contributed by atoms with Gasteiger partial charge in [0.05, 0.1) is 11.7 Å². The van der Waals surface area contributed by atoms with Crippen molar-refractivity contribution in [3.63, 3.8) is 0 Å². The molecule has 1 aromatic heterocycles. The van der Waals surface area contributed by atoms with Crippen LogP contribution in [0.25, 0.3) is 0 Å². The Morgan fingerprint density at radius 1 is 1.20 bits per heavy atom. The second kappa shape index (κ2) is 7.08. The van der Waals surface area contributed by atoms with Crippen LogP contribution in [0.3, 0.4) is 0 Å². The van der Waals surface area contributed by atoms with E-state index in [0.717, 1.165) is 56.5 Å². The highest BCUT2D eigenvalue weighted by molar-refractivity contribution is 5.82. The number of nitrogens with zero attached hydrogens (tertiary/aromatic N) is 3. The van der Waals surface area contributed by atoms with E-state index in [4.69, 9.17) is 4.52 Å². The Kier molecular flexibility index (Phi) is 4.82. The normalized spacial score (nSPS) is 30.5. The van der Waals surface area contributed by atoms with E-state index in [1.54, 1.807) is 0 Å². The van der Waals surface area contributed by atoms with Crippen LogP contribution < -0.4 is 5.32 Å². The van der Waals surface area contributed by atoms with Crippen LogP contribution in [0, 0.1) is 19.8 Å². The molecular formula is C19H30N4O2. The Hall–Kier alpha value is -1.40. The topological polar surface area (TPSA) is 61.6 Å². The van der Waals surface area contributed by atoms with Gasteiger partial charge in [0.2, 0.25) is 5.91 Å². The fourth-order valence-electron chi connectivity index (χ4n) is 4.81. The summed E-state index contributed by atoms with van der Waals surface area (Å²) in [5.74, 6) is 1.96. The fourth-order valence-corrected chi connectivity index (χ4v) is 4.81. The molecule has 25 heavy (non-hydrogen) atoms. The minimum Gasteiger partial charge on any atom is -0.361 e. The number of aryl methyl sites for hydroxylation is 2. The standard InChI is InChI=1S/C19H30N4O2/c1-13-16(14(2)25-21-13)12-22-7-9-23(10-8-22)19(24)18-11-15-5-3-4-6-17(15)20-18/h15,17-18,20H,3-12H2,1-2H3/t15-,17-,18-/m0/s1. The van der Waals surface area contributed by atoms with Crippen LogP contribution in [0.15, 0.2) is 4.52 Å². The van der Waals surface area contributed by atoms with Crippen LogP contribution in [-0.4, -0.2) is 59.1 Å². The number of rotatable bonds is 3. The molecule has 0 aromatic carbocycles. The monoisotopic (exact) mass is 346 g/mol. The second-order valence-corrected chi connectivity index (χ2v) is 8.01. The summed E-state index contributed by atoms with van der Waals surface area (Å²) in [6, 6.07) is 0.644. The summed E-state index contributed by atoms with van der Waals surface area (Å²) >= 11 is 0. The van der Waals surface area contributed by atoms with Crippen molar-refractivity contribution >= 4 is 5.91 Å². The molecule has 0 radical (unpaired) electrons. The van der Waals surface area contributed by atoms with Crippen molar-refractivity contribution in [3.05, 3.63) is 17.0 Å². The van der Waals surface area contributed by atoms with Gasteiger partial charge in [0, 0.05) is 44.3 Å². The molecule has 1 aromatic rings. The van der Waals surface area contributed by atoms with Crippen molar-refractivity contribution in [2.24, 2.45) is 5.92 Å². The maximum absolute atomic E-state index is 12.9. The predicted molar refractivity (Wildman–Crippen MR) is 95.1 cm³/mol. The summed E-state index contributed by atoms with van der Waals surface area (Å²) in [5.41, 5.74) is 2.18. The number of hydrogen-bond donors (Lipinski definition) is 1. The summed E-state index contributed by atoms with van der Waals surface area (Å²) in [6.45, 7) is 8.35. The highest BCUT2D eigenvalue weighted by Crippen LogP contribution is 2.33. The van der Waals surface area contributed by atoms with Gasteiger partial charge < -0.3 is 14.7 Å². The Labute approximate surface area is 149 Å². The lowest BCUT2D eigenvalue weighted by atomic mass is 9.85. The van der Waals surface area contributed by atoms with Gasteiger partial charge in [-0.25, -0.2) is 0 Å². The molecule has 1 aliphatic carbocycles. The maximum Gasteiger partial charge on any atom is 0.239 e. The maximum atomic E-state index is 12.9. The van der Waals surface area contributed by atoms with Gasteiger partial charge in [0.1, 0.15) is 5.76 Å². The highest BCUT2D eigenvalue weighted by Gasteiger charge is 2.40. The molecule has 3 heterocycles. The first kappa shape index (κ1) is 17.0. The molecule has 2 aliphatic heterocycles. The Morgan fingerprint density at radius 3 is 2.64 bits per heavy atom. The molecular weight excluding hydrogens is 316 g/mol. The molecule has 1 amide bonds. The van der Waals surface area contributed by atoms with Crippen molar-refractivity contribution in [3.8, 4) is 0 Å². The molecule has 6 nitrogen and oxygen atoms in total. The van der Waals surface area contributed by atoms with Crippen molar-refractivity contribution in [1.29, 1.82) is 0 Å². The van der Waals surface area contributed by atoms with E-state index in [9.17, 15) is 4.79 Å². The van der Waals surface area contributed by atoms with Crippen LogP contribution in [0.2, 0.25) is 0 Å². The van der Waals surface area contributed by atoms with Gasteiger partial charge in [-0.15, -0.1) is 0 Å². The first-order valence-electron chi connectivity index (χ1n) is 9.81. The van der Waals surface area contributed by atoms with E-state index in [1.807, 2.05) is 13.8 Å². The zero-order valence-corrected chi connectivity index (χ0v) is 15.5. The summed E-state index contributed by atoms with van der Waals surface area (Å²) in [4.78, 5) is 17.4. The van der Waals surface area contributed by atoms with Gasteiger partial charge in [0.15, 0.2) is 0 Å². The van der Waals surface area contributed by atoms with E-state index >= 15 is 0 Å². The number of aromatic nitrogens is 1. The fraction of sp³-hybridized carbons (Fsp3) is 0.789. The van der Waals surface area contributed by atoms with Crippen LogP contribution in [0.5, 0.6) is 0 Å². The average molecular weight is 346 g/mol. The molecule has 4 rings (SSSR count). The zero-order valence-electron chi connectivity index (χ0n) is 15.5. The van der Waals surface area contributed by atoms with E-state index in [0.29, 0.717) is 11.9 Å². The minimum absolute atomic E-state index is 0.0576. The third-order valence-electron chi connectivity index (χ3n) is 6.41. The molecule has 2 saturated heterocycles. The van der Waals surface area contributed by atoms with Gasteiger partial charge in [-0.3, -0.25) is 9.69 Å². The summed E-state index contributed by atoms with van der Waals surface area (Å²) < 4.78 is 5.26. The molecule has 0 spiro atoms. The molecule has 6 heteroatoms. The number of piperazine rings is 1. The van der Waals surface area contributed by atoms with Crippen molar-refractivity contribution in [2.45, 2.75) is 64.6 Å². The Morgan fingerprint density at radius 2 is 1.96 bits per heavy atom. The number of carbonyl (C=O) groups excluding carboxylic acids is 1. The molecule has 1 N–H and O–H groups in total. The average Bonchev–Trinajstić information content (AvgIpc) is 3.20. The number of hydrogen-bond acceptors (Lipinski definition) is 5. The van der Waals surface area contributed by atoms with Crippen molar-refractivity contribution < 1.29 is 9.32 Å². The Balaban J connectivity index is 1.29. The highest BCUT2D eigenvalue weighted by atomic mass is 16.5. The lowest BCUT2D eigenvalue weighted by Crippen LogP contribution is -2.53. The SMILES string of the molecule is Cc1noc(C)c1CN1CCN(C(=O)[C@@H]2C[C@@H]3CCCC[C@@H]3N2)CC1. The van der Waals surface area contributed by atoms with Crippen molar-refractivity contribution in [1.82, 2.24) is 20.3 Å². The predicted octanol–water partition coefficient (Wildman–Crippen LogP) is 1.86. The minimum atomic E-state index is 0.0576. The largest absolute Gasteiger partial charge is 0.361 e. The van der Waals surface area contributed by atoms with Crippen LogP contribution in [-0.2, 0) is 11.3 Å². The number of fused-ring (bicyclic) bond motifs is 1. The van der Waals surface area contributed by atoms with Crippen LogP contribution in [0.1, 0.15) is 49.1 Å². The van der Waals surface area contributed by atoms with Gasteiger partial charge in [0.25, 0.3) is 0 Å². The summed E-state index contributed by atoms with van der Waals surface area (Å²) in [6.07, 6.45) is 6.24. The molecule has 3 fully saturated rings. The molecule has 3 aliphatic rings. The molecule has 0 unspecified atom stereocenters. The quantitative estimate of drug-likeness (QED) is 0.905. The lowest BCUT2D eigenvalue weighted by Gasteiger charge is -2.36. The number of nitrogens with one attached hydrogen (secondary N) is 1. The van der Waals surface area contributed by atoms with E-state index < -0.39 is 0 Å². The van der Waals surface area contributed by atoms with E-state index in [2.05, 4.69) is 20.3 Å². The van der Waals surface area contributed by atoms with Gasteiger partial charge in [-0.1, -0.05) is 18.0 Å². The molecule has 1 saturated carbocycles. The zero-order chi connectivity index (χ0) is 17.4. The summed E-state index contributed by atoms with van der Waals surface area (Å²) in [7, 11) is 0. The second-order valence-electron chi connectivity index (χ2n) is 8.01. The van der Waals surface area contributed by atoms with Gasteiger partial charge in [-0.05, 0) is 39.0 Å². The van der Waals surface area contributed by atoms with Crippen molar-refractivity contribution in [2.75, 3.05) is 26.2 Å². The first-order chi connectivity index (χ1) is 12.1. The summed E-state index contributed by atoms with van der Waals surface area (Å²) in [5, 5.41) is 7.67. The molecule has 3 atom stereocenters. The number of amides is 1. The van der Waals surface area contributed by atoms with E-state index in [1.165, 1.54) is 31.2 Å². The van der Waals surface area contributed by atoms with E-state index in [-0.39, 0.29) is 6.04 Å². The third-order valence-corrected chi connectivity index (χ3v) is 6.41. The van der Waals surface area contributed by atoms with Gasteiger partial charge in [-0.2, -0.15) is 0 Å². The molecule has 0 bridgehead atoms. The molecule has 138 valence electrons. The Bertz CT molecular complexity index is 587. The third kappa shape index (κ3) is 3.47.